The number of rotatable bonds is 13. The molecule has 3 aromatic rings. The number of hydrogen-bond donors (Lipinski definition) is 0. The molecule has 3 atom stereocenters. The second-order valence-corrected chi connectivity index (χ2v) is 12.1. The zero-order valence-electron chi connectivity index (χ0n) is 25.1. The number of ketones is 2. The summed E-state index contributed by atoms with van der Waals surface area (Å²) in [6, 6.07) is 22.4. The van der Waals surface area contributed by atoms with E-state index in [1.165, 1.54) is 17.7 Å². The summed E-state index contributed by atoms with van der Waals surface area (Å²) in [5.41, 5.74) is 5.53. The number of nitrogens with zero attached hydrogens (tertiary/aromatic N) is 2. The molecule has 0 aliphatic carbocycles. The molecule has 5 heteroatoms. The summed E-state index contributed by atoms with van der Waals surface area (Å²) in [6.07, 6.45) is 2.94. The lowest BCUT2D eigenvalue weighted by molar-refractivity contribution is -0.119. The molecule has 0 saturated heterocycles. The molecule has 41 heavy (non-hydrogen) atoms. The van der Waals surface area contributed by atoms with Crippen LogP contribution in [-0.4, -0.2) is 42.8 Å². The summed E-state index contributed by atoms with van der Waals surface area (Å²) in [5, 5.41) is 0. The largest absolute Gasteiger partial charge is 0.309 e. The predicted molar refractivity (Wildman–Crippen MR) is 166 cm³/mol. The Kier molecular flexibility index (Phi) is 10.4. The highest BCUT2D eigenvalue weighted by molar-refractivity contribution is 6.18. The molecule has 3 aromatic carbocycles. The average molecular weight is 555 g/mol. The summed E-state index contributed by atoms with van der Waals surface area (Å²) >= 11 is 0. The lowest BCUT2D eigenvalue weighted by Gasteiger charge is -2.32. The predicted octanol–water partition coefficient (Wildman–Crippen LogP) is 7.87. The maximum Gasteiger partial charge on any atom is 0.173 e. The van der Waals surface area contributed by atoms with Crippen LogP contribution in [0.3, 0.4) is 0 Å². The third kappa shape index (κ3) is 8.07. The number of hydrogen-bond acceptors (Lipinski definition) is 4. The maximum atomic E-state index is 13.8. The van der Waals surface area contributed by atoms with Gasteiger partial charge in [-0.2, -0.15) is 0 Å². The Balaban J connectivity index is 1.57. The molecule has 1 aliphatic heterocycles. The quantitative estimate of drug-likeness (QED) is 0.216. The van der Waals surface area contributed by atoms with Gasteiger partial charge < -0.3 is 4.90 Å². The highest BCUT2D eigenvalue weighted by Gasteiger charge is 2.36. The number of fused-ring (bicyclic) bond motifs is 1. The van der Waals surface area contributed by atoms with E-state index < -0.39 is 0 Å². The molecule has 1 heterocycles. The van der Waals surface area contributed by atoms with Crippen LogP contribution >= 0.6 is 0 Å². The van der Waals surface area contributed by atoms with Crippen LogP contribution in [0.25, 0.3) is 0 Å². The third-order valence-corrected chi connectivity index (χ3v) is 8.39. The third-order valence-electron chi connectivity index (χ3n) is 8.39. The van der Waals surface area contributed by atoms with Gasteiger partial charge in [0.1, 0.15) is 11.6 Å². The Morgan fingerprint density at radius 3 is 2.24 bits per heavy atom. The number of carbonyl (C=O) groups excluding carboxylic acids is 2. The first kappa shape index (κ1) is 30.5. The molecule has 0 spiro atoms. The lowest BCUT2D eigenvalue weighted by atomic mass is 9.74. The zero-order valence-corrected chi connectivity index (χ0v) is 25.1. The van der Waals surface area contributed by atoms with Gasteiger partial charge in [0.25, 0.3) is 0 Å². The van der Waals surface area contributed by atoms with E-state index in [-0.39, 0.29) is 35.1 Å². The molecule has 1 aliphatic rings. The number of aliphatic imine (C=N–C) groups is 1. The van der Waals surface area contributed by atoms with Gasteiger partial charge in [0.2, 0.25) is 0 Å². The summed E-state index contributed by atoms with van der Waals surface area (Å²) in [6.45, 7) is 7.32. The van der Waals surface area contributed by atoms with Crippen LogP contribution in [-0.2, 0) is 17.6 Å². The lowest BCUT2D eigenvalue weighted by Crippen LogP contribution is -2.37. The molecule has 0 bridgehead atoms. The Bertz CT molecular complexity index is 1360. The normalized spacial score (nSPS) is 16.4. The first-order valence-corrected chi connectivity index (χ1v) is 14.8. The number of halogens is 1. The molecular formula is C36H43FN2O2. The van der Waals surface area contributed by atoms with Gasteiger partial charge in [0.15, 0.2) is 5.78 Å². The fraction of sp³-hybridized carbons (Fsp3) is 0.417. The van der Waals surface area contributed by atoms with Gasteiger partial charge in [-0.25, -0.2) is 4.39 Å². The minimum Gasteiger partial charge on any atom is -0.309 e. The molecule has 0 aromatic heterocycles. The van der Waals surface area contributed by atoms with Crippen molar-refractivity contribution in [1.82, 2.24) is 4.90 Å². The highest BCUT2D eigenvalue weighted by atomic mass is 19.1. The van der Waals surface area contributed by atoms with Crippen LogP contribution in [0.2, 0.25) is 0 Å². The second kappa shape index (κ2) is 14.0. The van der Waals surface area contributed by atoms with Crippen molar-refractivity contribution in [3.05, 3.63) is 101 Å². The van der Waals surface area contributed by atoms with E-state index in [9.17, 15) is 14.0 Å². The summed E-state index contributed by atoms with van der Waals surface area (Å²) in [7, 11) is 4.09. The first-order chi connectivity index (χ1) is 19.6. The summed E-state index contributed by atoms with van der Waals surface area (Å²) in [5.74, 6) is 0.132. The van der Waals surface area contributed by atoms with Crippen molar-refractivity contribution in [3.63, 3.8) is 0 Å². The molecule has 0 saturated carbocycles. The van der Waals surface area contributed by atoms with Crippen molar-refractivity contribution in [2.45, 2.75) is 58.8 Å². The van der Waals surface area contributed by atoms with Crippen LogP contribution in [0.5, 0.6) is 0 Å². The first-order valence-electron chi connectivity index (χ1n) is 14.8. The summed E-state index contributed by atoms with van der Waals surface area (Å²) < 4.78 is 13.5. The van der Waals surface area contributed by atoms with E-state index in [0.717, 1.165) is 29.8 Å². The number of aryl methyl sites for hydroxylation is 1. The highest BCUT2D eigenvalue weighted by Crippen LogP contribution is 2.36. The minimum absolute atomic E-state index is 0.0438. The number of carbonyl (C=O) groups is 2. The smallest absolute Gasteiger partial charge is 0.173 e. The Labute approximate surface area is 244 Å². The van der Waals surface area contributed by atoms with Crippen molar-refractivity contribution in [2.24, 2.45) is 22.7 Å². The van der Waals surface area contributed by atoms with Crippen LogP contribution in [0.1, 0.15) is 73.0 Å². The Morgan fingerprint density at radius 2 is 1.59 bits per heavy atom. The van der Waals surface area contributed by atoms with E-state index in [1.54, 1.807) is 12.1 Å². The average Bonchev–Trinajstić information content (AvgIpc) is 2.95. The van der Waals surface area contributed by atoms with Gasteiger partial charge >= 0.3 is 0 Å². The zero-order chi connectivity index (χ0) is 29.5. The molecular weight excluding hydrogens is 511 g/mol. The van der Waals surface area contributed by atoms with Crippen LogP contribution in [0, 0.1) is 23.6 Å². The van der Waals surface area contributed by atoms with E-state index >= 15 is 0 Å². The molecule has 0 fully saturated rings. The number of benzene rings is 3. The van der Waals surface area contributed by atoms with Crippen molar-refractivity contribution < 1.29 is 14.0 Å². The van der Waals surface area contributed by atoms with E-state index in [4.69, 9.17) is 4.99 Å². The van der Waals surface area contributed by atoms with Crippen LogP contribution in [0.4, 0.5) is 10.1 Å². The fourth-order valence-electron chi connectivity index (χ4n) is 5.79. The van der Waals surface area contributed by atoms with Crippen LogP contribution in [0.15, 0.2) is 77.8 Å². The van der Waals surface area contributed by atoms with Crippen molar-refractivity contribution >= 4 is 23.0 Å². The maximum absolute atomic E-state index is 13.8. The number of para-hydroxylation sites is 1. The van der Waals surface area contributed by atoms with E-state index in [2.05, 4.69) is 49.9 Å². The summed E-state index contributed by atoms with van der Waals surface area (Å²) in [4.78, 5) is 34.4. The monoisotopic (exact) mass is 554 g/mol. The molecule has 0 amide bonds. The van der Waals surface area contributed by atoms with Gasteiger partial charge in [-0.3, -0.25) is 14.6 Å². The van der Waals surface area contributed by atoms with Gasteiger partial charge in [-0.05, 0) is 98.6 Å². The van der Waals surface area contributed by atoms with Crippen LogP contribution < -0.4 is 0 Å². The van der Waals surface area contributed by atoms with Crippen molar-refractivity contribution in [3.8, 4) is 0 Å². The Morgan fingerprint density at radius 1 is 0.927 bits per heavy atom. The van der Waals surface area contributed by atoms with Crippen molar-refractivity contribution in [2.75, 3.05) is 20.6 Å². The topological polar surface area (TPSA) is 49.7 Å². The molecule has 4 nitrogen and oxygen atoms in total. The number of Topliss-reactive ketones (excluding diaryl/α,β-unsaturated/α-hetero) is 2. The van der Waals surface area contributed by atoms with E-state index in [1.807, 2.05) is 38.4 Å². The fourth-order valence-corrected chi connectivity index (χ4v) is 5.79. The molecule has 216 valence electrons. The van der Waals surface area contributed by atoms with Gasteiger partial charge in [0.05, 0.1) is 11.6 Å². The molecule has 0 radical (unpaired) electrons. The van der Waals surface area contributed by atoms with Gasteiger partial charge in [-0.15, -0.1) is 0 Å². The molecule has 0 N–H and O–H groups in total. The molecule has 4 rings (SSSR count). The minimum atomic E-state index is -0.370. The Hall–Kier alpha value is -3.44. The standard InChI is InChI=1S/C36H43FN2O2/c1-24(2)28-15-10-27(11-16-28)22-31(40)23-29(20-21-39(4)5)25(3)35-33(19-14-26-12-17-30(37)18-13-26)36(41)32-8-6-7-9-34(32)38-35/h6-13,15-18,24-25,29,33H,14,19-23H2,1-5H3. The van der Waals surface area contributed by atoms with Gasteiger partial charge in [0, 0.05) is 24.1 Å². The molecule has 3 unspecified atom stereocenters. The SMILES string of the molecule is CC(C)c1ccc(CC(=O)CC(CCN(C)C)C(C)C2=Nc3ccccc3C(=O)C2CCc2ccc(F)cc2)cc1. The van der Waals surface area contributed by atoms with E-state index in [0.29, 0.717) is 42.9 Å². The van der Waals surface area contributed by atoms with Crippen molar-refractivity contribution in [1.29, 1.82) is 0 Å². The second-order valence-electron chi connectivity index (χ2n) is 12.1. The van der Waals surface area contributed by atoms with Gasteiger partial charge in [-0.1, -0.05) is 69.3 Å².